The molecule has 0 saturated heterocycles. The summed E-state index contributed by atoms with van der Waals surface area (Å²) >= 11 is 2.69. The molecule has 156 valence electrons. The van der Waals surface area contributed by atoms with Gasteiger partial charge in [-0.05, 0) is 42.3 Å². The highest BCUT2D eigenvalue weighted by atomic mass is 32.2. The highest BCUT2D eigenvalue weighted by Crippen LogP contribution is 2.56. The van der Waals surface area contributed by atoms with Gasteiger partial charge >= 0.3 is 6.18 Å². The number of halogens is 3. The summed E-state index contributed by atoms with van der Waals surface area (Å²) in [7, 11) is 0. The van der Waals surface area contributed by atoms with E-state index in [1.807, 2.05) is 12.1 Å². The van der Waals surface area contributed by atoms with Crippen molar-refractivity contribution in [1.82, 2.24) is 20.2 Å². The maximum atomic E-state index is 12.8. The Morgan fingerprint density at radius 2 is 2.06 bits per heavy atom. The molecule has 2 aliphatic rings. The number of hydrogen-bond donors (Lipinski definition) is 0. The van der Waals surface area contributed by atoms with E-state index in [4.69, 9.17) is 9.41 Å². The predicted octanol–water partition coefficient (Wildman–Crippen LogP) is 4.80. The molecule has 12 heteroatoms. The number of rotatable bonds is 3. The van der Waals surface area contributed by atoms with E-state index in [0.29, 0.717) is 17.1 Å². The van der Waals surface area contributed by atoms with Crippen molar-refractivity contribution in [2.24, 2.45) is 4.99 Å². The molecule has 3 aromatic rings. The van der Waals surface area contributed by atoms with E-state index in [0.717, 1.165) is 40.1 Å². The summed E-state index contributed by atoms with van der Waals surface area (Å²) in [5.41, 5.74) is 0.440. The zero-order valence-electron chi connectivity index (χ0n) is 15.5. The van der Waals surface area contributed by atoms with Crippen molar-refractivity contribution >= 4 is 27.9 Å². The largest absolute Gasteiger partial charge is 0.443 e. The van der Waals surface area contributed by atoms with Crippen LogP contribution in [0.25, 0.3) is 11.6 Å². The molecule has 7 nitrogen and oxygen atoms in total. The molecule has 1 fully saturated rings. The molecule has 0 radical (unpaired) electrons. The summed E-state index contributed by atoms with van der Waals surface area (Å²) in [5.74, 6) is 0.659. The van der Waals surface area contributed by atoms with E-state index in [2.05, 4.69) is 20.2 Å². The van der Waals surface area contributed by atoms with Crippen LogP contribution in [0.3, 0.4) is 0 Å². The van der Waals surface area contributed by atoms with Crippen LogP contribution in [0.5, 0.6) is 0 Å². The third-order valence-electron chi connectivity index (χ3n) is 4.87. The van der Waals surface area contributed by atoms with Gasteiger partial charge in [0.15, 0.2) is 0 Å². The monoisotopic (exact) mass is 460 g/mol. The third kappa shape index (κ3) is 3.79. The summed E-state index contributed by atoms with van der Waals surface area (Å²) in [6.45, 7) is 0. The fourth-order valence-electron chi connectivity index (χ4n) is 3.14. The van der Waals surface area contributed by atoms with Crippen molar-refractivity contribution in [1.29, 1.82) is 5.26 Å². The van der Waals surface area contributed by atoms with Crippen LogP contribution in [0.15, 0.2) is 45.2 Å². The Kier molecular flexibility index (Phi) is 4.75. The van der Waals surface area contributed by atoms with Gasteiger partial charge in [-0.15, -0.1) is 10.2 Å². The minimum absolute atomic E-state index is 0.0480. The van der Waals surface area contributed by atoms with Crippen LogP contribution in [0.2, 0.25) is 0 Å². The fourth-order valence-corrected chi connectivity index (χ4v) is 5.37. The van der Waals surface area contributed by atoms with E-state index < -0.39 is 11.9 Å². The Labute approximate surface area is 182 Å². The maximum absolute atomic E-state index is 12.8. The molecule has 4 heterocycles. The first-order valence-corrected chi connectivity index (χ1v) is 10.8. The molecule has 0 bridgehead atoms. The quantitative estimate of drug-likeness (QED) is 0.549. The SMILES string of the molecule is N#Cc1cc(C(F)(F)F)ncc1CSC1=NC2(CC2)c2cc(-c3ncco3)nnc2S1. The van der Waals surface area contributed by atoms with Gasteiger partial charge in [0, 0.05) is 17.5 Å². The Bertz CT molecular complexity index is 1230. The van der Waals surface area contributed by atoms with E-state index in [9.17, 15) is 18.4 Å². The van der Waals surface area contributed by atoms with Gasteiger partial charge in [0.25, 0.3) is 0 Å². The molecule has 1 aliphatic carbocycles. The number of nitriles is 1. The summed E-state index contributed by atoms with van der Waals surface area (Å²) in [6.07, 6.45) is 1.25. The second-order valence-corrected chi connectivity index (χ2v) is 9.12. The summed E-state index contributed by atoms with van der Waals surface area (Å²) in [6, 6.07) is 4.49. The fraction of sp³-hybridized carbons (Fsp3) is 0.263. The minimum Gasteiger partial charge on any atom is -0.443 e. The smallest absolute Gasteiger partial charge is 0.433 e. The number of fused-ring (bicyclic) bond motifs is 2. The minimum atomic E-state index is -4.59. The predicted molar refractivity (Wildman–Crippen MR) is 107 cm³/mol. The summed E-state index contributed by atoms with van der Waals surface area (Å²) < 4.78 is 44.5. The average molecular weight is 460 g/mol. The molecule has 1 aliphatic heterocycles. The lowest BCUT2D eigenvalue weighted by Gasteiger charge is -2.21. The van der Waals surface area contributed by atoms with Crippen molar-refractivity contribution in [3.05, 3.63) is 53.2 Å². The Balaban J connectivity index is 1.37. The van der Waals surface area contributed by atoms with Gasteiger partial charge in [0.05, 0.1) is 23.4 Å². The number of aliphatic imine (C=N–C) groups is 1. The Morgan fingerprint density at radius 1 is 1.23 bits per heavy atom. The molecule has 1 saturated carbocycles. The molecule has 0 amide bonds. The zero-order chi connectivity index (χ0) is 21.6. The highest BCUT2D eigenvalue weighted by molar-refractivity contribution is 8.38. The van der Waals surface area contributed by atoms with Gasteiger partial charge in [0.1, 0.15) is 27.1 Å². The van der Waals surface area contributed by atoms with Gasteiger partial charge in [-0.3, -0.25) is 9.98 Å². The third-order valence-corrected chi connectivity index (χ3v) is 7.03. The molecule has 0 atom stereocenters. The summed E-state index contributed by atoms with van der Waals surface area (Å²) in [5, 5.41) is 18.5. The van der Waals surface area contributed by atoms with Crippen LogP contribution in [0.4, 0.5) is 13.2 Å². The van der Waals surface area contributed by atoms with Crippen LogP contribution < -0.4 is 0 Å². The van der Waals surface area contributed by atoms with Crippen LogP contribution in [0, 0.1) is 11.3 Å². The Morgan fingerprint density at radius 3 is 2.74 bits per heavy atom. The normalized spacial score (nSPS) is 16.5. The molecule has 0 N–H and O–H groups in total. The van der Waals surface area contributed by atoms with Crippen molar-refractivity contribution in [3.63, 3.8) is 0 Å². The standard InChI is InChI=1S/C19H11F3N6OS2/c20-19(21,22)14-5-10(7-23)11(8-25-14)9-30-17-26-18(1-2-18)12-6-13(15-24-3-4-29-15)27-28-16(12)31-17/h3-6,8H,1-2,9H2. The number of alkyl halides is 3. The van der Waals surface area contributed by atoms with Crippen LogP contribution in [0.1, 0.15) is 35.2 Å². The van der Waals surface area contributed by atoms with Crippen molar-refractivity contribution in [2.75, 3.05) is 0 Å². The highest BCUT2D eigenvalue weighted by Gasteiger charge is 2.49. The molecule has 0 unspecified atom stereocenters. The topological polar surface area (TPSA) is 101 Å². The lowest BCUT2D eigenvalue weighted by molar-refractivity contribution is -0.141. The molecular formula is C19H11F3N6OS2. The maximum Gasteiger partial charge on any atom is 0.433 e. The first kappa shape index (κ1) is 20.0. The first-order chi connectivity index (χ1) is 14.9. The lowest BCUT2D eigenvalue weighted by atomic mass is 10.1. The average Bonchev–Trinajstić information content (AvgIpc) is 3.30. The van der Waals surface area contributed by atoms with Gasteiger partial charge in [0.2, 0.25) is 5.89 Å². The number of hydrogen-bond acceptors (Lipinski definition) is 9. The van der Waals surface area contributed by atoms with Crippen molar-refractivity contribution in [3.8, 4) is 17.7 Å². The molecule has 31 heavy (non-hydrogen) atoms. The molecule has 3 aromatic heterocycles. The zero-order valence-corrected chi connectivity index (χ0v) is 17.2. The van der Waals surface area contributed by atoms with Gasteiger partial charge in [-0.25, -0.2) is 4.98 Å². The number of oxazole rings is 1. The van der Waals surface area contributed by atoms with Crippen LogP contribution >= 0.6 is 23.5 Å². The number of nitrogens with zero attached hydrogens (tertiary/aromatic N) is 6. The van der Waals surface area contributed by atoms with Crippen molar-refractivity contribution in [2.45, 2.75) is 35.3 Å². The lowest BCUT2D eigenvalue weighted by Crippen LogP contribution is -2.15. The Hall–Kier alpha value is -2.91. The molecule has 1 spiro atoms. The summed E-state index contributed by atoms with van der Waals surface area (Å²) in [4.78, 5) is 12.4. The second-order valence-electron chi connectivity index (χ2n) is 6.92. The van der Waals surface area contributed by atoms with Gasteiger partial charge in [-0.1, -0.05) is 11.8 Å². The molecule has 0 aromatic carbocycles. The van der Waals surface area contributed by atoms with E-state index in [1.54, 1.807) is 0 Å². The number of aromatic nitrogens is 4. The van der Waals surface area contributed by atoms with Gasteiger partial charge in [-0.2, -0.15) is 18.4 Å². The van der Waals surface area contributed by atoms with Crippen LogP contribution in [-0.2, 0) is 17.5 Å². The first-order valence-electron chi connectivity index (χ1n) is 9.03. The van der Waals surface area contributed by atoms with E-state index in [-0.39, 0.29) is 16.9 Å². The molecule has 5 rings (SSSR count). The van der Waals surface area contributed by atoms with E-state index in [1.165, 1.54) is 36.0 Å². The second kappa shape index (κ2) is 7.35. The van der Waals surface area contributed by atoms with Gasteiger partial charge < -0.3 is 4.42 Å². The van der Waals surface area contributed by atoms with Crippen LogP contribution in [-0.4, -0.2) is 24.5 Å². The van der Waals surface area contributed by atoms with Crippen molar-refractivity contribution < 1.29 is 17.6 Å². The number of thioether (sulfide) groups is 2. The molecular weight excluding hydrogens is 449 g/mol. The number of pyridine rings is 1. The van der Waals surface area contributed by atoms with E-state index >= 15 is 0 Å².